The zero-order chi connectivity index (χ0) is 19.3. The molecule has 0 amide bonds. The molecule has 0 heterocycles. The molecule has 0 saturated carbocycles. The molecule has 140 valence electrons. The van der Waals surface area contributed by atoms with Crippen LogP contribution < -0.4 is 9.47 Å². The molecule has 0 atom stereocenters. The SMILES string of the molecule is CCCCCOc1ccc(OC(=O)c2c(F)c(F)c(F)c(F)c2F)cc1. The van der Waals surface area contributed by atoms with Gasteiger partial charge in [0.2, 0.25) is 5.82 Å². The van der Waals surface area contributed by atoms with Crippen LogP contribution in [-0.4, -0.2) is 12.6 Å². The highest BCUT2D eigenvalue weighted by Gasteiger charge is 2.30. The summed E-state index contributed by atoms with van der Waals surface area (Å²) in [5.74, 6) is -12.6. The molecule has 26 heavy (non-hydrogen) atoms. The second-order valence-electron chi connectivity index (χ2n) is 5.36. The van der Waals surface area contributed by atoms with E-state index in [9.17, 15) is 26.7 Å². The van der Waals surface area contributed by atoms with Gasteiger partial charge in [0.25, 0.3) is 0 Å². The second-order valence-corrected chi connectivity index (χ2v) is 5.36. The molecule has 3 nitrogen and oxygen atoms in total. The molecule has 8 heteroatoms. The van der Waals surface area contributed by atoms with Crippen LogP contribution in [-0.2, 0) is 0 Å². The maximum atomic E-state index is 13.6. The van der Waals surface area contributed by atoms with Gasteiger partial charge >= 0.3 is 5.97 Å². The van der Waals surface area contributed by atoms with E-state index in [2.05, 4.69) is 4.74 Å². The van der Waals surface area contributed by atoms with Crippen LogP contribution in [0.25, 0.3) is 0 Å². The topological polar surface area (TPSA) is 35.5 Å². The summed E-state index contributed by atoms with van der Waals surface area (Å²) in [6.07, 6.45) is 2.92. The highest BCUT2D eigenvalue weighted by molar-refractivity contribution is 5.91. The summed E-state index contributed by atoms with van der Waals surface area (Å²) in [5, 5.41) is 0. The van der Waals surface area contributed by atoms with Crippen molar-refractivity contribution in [2.24, 2.45) is 0 Å². The van der Waals surface area contributed by atoms with Crippen LogP contribution in [0.3, 0.4) is 0 Å². The Morgan fingerprint density at radius 1 is 0.808 bits per heavy atom. The first kappa shape index (κ1) is 19.7. The second kappa shape index (κ2) is 8.64. The highest BCUT2D eigenvalue weighted by atomic mass is 19.2. The van der Waals surface area contributed by atoms with E-state index in [0.29, 0.717) is 12.4 Å². The quantitative estimate of drug-likeness (QED) is 0.168. The van der Waals surface area contributed by atoms with E-state index in [0.717, 1.165) is 19.3 Å². The first-order valence-electron chi connectivity index (χ1n) is 7.83. The van der Waals surface area contributed by atoms with Crippen molar-refractivity contribution in [3.05, 3.63) is 58.9 Å². The Balaban J connectivity index is 2.11. The van der Waals surface area contributed by atoms with Gasteiger partial charge in [-0.2, -0.15) is 0 Å². The number of halogens is 5. The predicted molar refractivity (Wildman–Crippen MR) is 82.7 cm³/mol. The van der Waals surface area contributed by atoms with Gasteiger partial charge in [0, 0.05) is 0 Å². The number of hydrogen-bond acceptors (Lipinski definition) is 3. The maximum Gasteiger partial charge on any atom is 0.349 e. The fourth-order valence-corrected chi connectivity index (χ4v) is 2.09. The van der Waals surface area contributed by atoms with E-state index in [1.807, 2.05) is 6.92 Å². The van der Waals surface area contributed by atoms with E-state index >= 15 is 0 Å². The number of carbonyl (C=O) groups is 1. The first-order chi connectivity index (χ1) is 12.4. The standard InChI is InChI=1S/C18H15F5O3/c1-2-3-4-9-25-10-5-7-11(8-6-10)26-18(24)12-13(19)15(21)17(23)16(22)14(12)20/h5-8H,2-4,9H2,1H3. The molecule has 0 aromatic heterocycles. The minimum Gasteiger partial charge on any atom is -0.494 e. The van der Waals surface area contributed by atoms with E-state index in [1.165, 1.54) is 24.3 Å². The van der Waals surface area contributed by atoms with Gasteiger partial charge < -0.3 is 9.47 Å². The molecular formula is C18H15F5O3. The fourth-order valence-electron chi connectivity index (χ4n) is 2.09. The molecule has 0 N–H and O–H groups in total. The molecule has 2 rings (SSSR count). The minimum atomic E-state index is -2.35. The lowest BCUT2D eigenvalue weighted by Crippen LogP contribution is -2.17. The van der Waals surface area contributed by atoms with Gasteiger partial charge in [-0.15, -0.1) is 0 Å². The third-order valence-corrected chi connectivity index (χ3v) is 3.46. The monoisotopic (exact) mass is 374 g/mol. The van der Waals surface area contributed by atoms with Gasteiger partial charge in [-0.3, -0.25) is 0 Å². The van der Waals surface area contributed by atoms with Gasteiger partial charge in [-0.1, -0.05) is 19.8 Å². The van der Waals surface area contributed by atoms with Gasteiger partial charge in [0.05, 0.1) is 6.61 Å². The van der Waals surface area contributed by atoms with Crippen molar-refractivity contribution in [1.29, 1.82) is 0 Å². The average molecular weight is 374 g/mol. The predicted octanol–water partition coefficient (Wildman–Crippen LogP) is 5.17. The van der Waals surface area contributed by atoms with Crippen LogP contribution in [0, 0.1) is 29.1 Å². The highest BCUT2D eigenvalue weighted by Crippen LogP contribution is 2.25. The molecule has 0 aliphatic heterocycles. The molecule has 0 unspecified atom stereocenters. The van der Waals surface area contributed by atoms with Crippen molar-refractivity contribution in [1.82, 2.24) is 0 Å². The molecular weight excluding hydrogens is 359 g/mol. The third kappa shape index (κ3) is 4.30. The normalized spacial score (nSPS) is 10.7. The summed E-state index contributed by atoms with van der Waals surface area (Å²) in [5.41, 5.74) is -1.65. The summed E-state index contributed by atoms with van der Waals surface area (Å²) in [6.45, 7) is 2.55. The lowest BCUT2D eigenvalue weighted by molar-refractivity contribution is 0.0720. The molecule has 0 spiro atoms. The average Bonchev–Trinajstić information content (AvgIpc) is 2.63. The summed E-state index contributed by atoms with van der Waals surface area (Å²) in [6, 6.07) is 5.46. The Labute approximate surface area is 146 Å². The molecule has 2 aromatic carbocycles. The zero-order valence-corrected chi connectivity index (χ0v) is 13.8. The van der Waals surface area contributed by atoms with E-state index in [4.69, 9.17) is 4.74 Å². The molecule has 0 bridgehead atoms. The summed E-state index contributed by atoms with van der Waals surface area (Å²) in [7, 11) is 0. The van der Waals surface area contributed by atoms with Crippen molar-refractivity contribution in [2.45, 2.75) is 26.2 Å². The number of carbonyl (C=O) groups excluding carboxylic acids is 1. The van der Waals surface area contributed by atoms with Crippen molar-refractivity contribution >= 4 is 5.97 Å². The zero-order valence-electron chi connectivity index (χ0n) is 13.8. The summed E-state index contributed by atoms with van der Waals surface area (Å²) in [4.78, 5) is 11.8. The maximum absolute atomic E-state index is 13.6. The number of hydrogen-bond donors (Lipinski definition) is 0. The third-order valence-electron chi connectivity index (χ3n) is 3.46. The summed E-state index contributed by atoms with van der Waals surface area (Å²) >= 11 is 0. The molecule has 2 aromatic rings. The Hall–Kier alpha value is -2.64. The number of ether oxygens (including phenoxy) is 2. The molecule has 0 fully saturated rings. The molecule has 0 saturated heterocycles. The molecule has 0 aliphatic carbocycles. The van der Waals surface area contributed by atoms with Gasteiger partial charge in [-0.25, -0.2) is 26.7 Å². The van der Waals surface area contributed by atoms with Crippen molar-refractivity contribution in [3.8, 4) is 11.5 Å². The number of benzene rings is 2. The summed E-state index contributed by atoms with van der Waals surface area (Å²) < 4.78 is 76.5. The van der Waals surface area contributed by atoms with Gasteiger partial charge in [0.15, 0.2) is 23.3 Å². The Bertz CT molecular complexity index is 761. The number of unbranched alkanes of at least 4 members (excludes halogenated alkanes) is 2. The lowest BCUT2D eigenvalue weighted by Gasteiger charge is -2.09. The Morgan fingerprint density at radius 2 is 1.31 bits per heavy atom. The van der Waals surface area contributed by atoms with Crippen LogP contribution >= 0.6 is 0 Å². The number of rotatable bonds is 7. The van der Waals surface area contributed by atoms with E-state index < -0.39 is 40.6 Å². The van der Waals surface area contributed by atoms with Crippen LogP contribution in [0.4, 0.5) is 22.0 Å². The van der Waals surface area contributed by atoms with E-state index in [1.54, 1.807) is 0 Å². The molecule has 0 radical (unpaired) electrons. The van der Waals surface area contributed by atoms with Crippen LogP contribution in [0.2, 0.25) is 0 Å². The van der Waals surface area contributed by atoms with Crippen molar-refractivity contribution < 1.29 is 36.2 Å². The Morgan fingerprint density at radius 3 is 1.85 bits per heavy atom. The van der Waals surface area contributed by atoms with Gasteiger partial charge in [-0.05, 0) is 30.7 Å². The molecule has 0 aliphatic rings. The van der Waals surface area contributed by atoms with Crippen molar-refractivity contribution in [2.75, 3.05) is 6.61 Å². The van der Waals surface area contributed by atoms with Crippen LogP contribution in [0.1, 0.15) is 36.5 Å². The minimum absolute atomic E-state index is 0.139. The smallest absolute Gasteiger partial charge is 0.349 e. The fraction of sp³-hybridized carbons (Fsp3) is 0.278. The lowest BCUT2D eigenvalue weighted by atomic mass is 10.1. The largest absolute Gasteiger partial charge is 0.494 e. The first-order valence-corrected chi connectivity index (χ1v) is 7.83. The van der Waals surface area contributed by atoms with Crippen LogP contribution in [0.15, 0.2) is 24.3 Å². The van der Waals surface area contributed by atoms with E-state index in [-0.39, 0.29) is 5.75 Å². The van der Waals surface area contributed by atoms with Crippen molar-refractivity contribution in [3.63, 3.8) is 0 Å². The number of esters is 1. The van der Waals surface area contributed by atoms with Gasteiger partial charge in [0.1, 0.15) is 17.1 Å². The van der Waals surface area contributed by atoms with Crippen LogP contribution in [0.5, 0.6) is 11.5 Å². The Kier molecular flexibility index (Phi) is 6.54.